The normalized spacial score (nSPS) is 10.8. The van der Waals surface area contributed by atoms with E-state index in [1.807, 2.05) is 30.5 Å². The molecule has 0 unspecified atom stereocenters. The Morgan fingerprint density at radius 1 is 1.39 bits per heavy atom. The van der Waals surface area contributed by atoms with Crippen LogP contribution in [0.2, 0.25) is 0 Å². The topological polar surface area (TPSA) is 51.5 Å². The fourth-order valence-electron chi connectivity index (χ4n) is 2.02. The Morgan fingerprint density at radius 2 is 2.22 bits per heavy atom. The SMILES string of the molecule is COC(=O)CCCn1ccc2ccc(CO)cc21. The van der Waals surface area contributed by atoms with Gasteiger partial charge >= 0.3 is 5.97 Å². The number of aryl methyl sites for hydroxylation is 1. The number of hydrogen-bond donors (Lipinski definition) is 1. The molecular weight excluding hydrogens is 230 g/mol. The van der Waals surface area contributed by atoms with Gasteiger partial charge in [0.05, 0.1) is 13.7 Å². The molecule has 4 nitrogen and oxygen atoms in total. The lowest BCUT2D eigenvalue weighted by atomic mass is 10.2. The maximum Gasteiger partial charge on any atom is 0.305 e. The van der Waals surface area contributed by atoms with E-state index in [-0.39, 0.29) is 12.6 Å². The van der Waals surface area contributed by atoms with E-state index >= 15 is 0 Å². The fourth-order valence-corrected chi connectivity index (χ4v) is 2.02. The van der Waals surface area contributed by atoms with E-state index in [1.165, 1.54) is 7.11 Å². The van der Waals surface area contributed by atoms with Crippen LogP contribution in [0.4, 0.5) is 0 Å². The van der Waals surface area contributed by atoms with Gasteiger partial charge in [-0.15, -0.1) is 0 Å². The van der Waals surface area contributed by atoms with Crippen LogP contribution in [-0.2, 0) is 22.7 Å². The van der Waals surface area contributed by atoms with Gasteiger partial charge in [0.2, 0.25) is 0 Å². The highest BCUT2D eigenvalue weighted by molar-refractivity contribution is 5.80. The number of benzene rings is 1. The van der Waals surface area contributed by atoms with E-state index in [0.717, 1.165) is 29.4 Å². The van der Waals surface area contributed by atoms with Gasteiger partial charge < -0.3 is 14.4 Å². The quantitative estimate of drug-likeness (QED) is 0.823. The number of nitrogens with zero attached hydrogens (tertiary/aromatic N) is 1. The smallest absolute Gasteiger partial charge is 0.305 e. The third kappa shape index (κ3) is 2.71. The zero-order chi connectivity index (χ0) is 13.0. The van der Waals surface area contributed by atoms with Gasteiger partial charge in [-0.1, -0.05) is 12.1 Å². The Labute approximate surface area is 106 Å². The third-order valence-corrected chi connectivity index (χ3v) is 3.03. The summed E-state index contributed by atoms with van der Waals surface area (Å²) in [5.41, 5.74) is 1.99. The van der Waals surface area contributed by atoms with Crippen LogP contribution < -0.4 is 0 Å². The molecule has 0 aliphatic heterocycles. The molecule has 2 aromatic rings. The lowest BCUT2D eigenvalue weighted by Gasteiger charge is -2.06. The Kier molecular flexibility index (Phi) is 3.99. The predicted molar refractivity (Wildman–Crippen MR) is 69.1 cm³/mol. The van der Waals surface area contributed by atoms with Crippen molar-refractivity contribution in [1.29, 1.82) is 0 Å². The summed E-state index contributed by atoms with van der Waals surface area (Å²) in [4.78, 5) is 11.0. The number of methoxy groups -OCH3 is 1. The molecule has 2 rings (SSSR count). The minimum atomic E-state index is -0.178. The van der Waals surface area contributed by atoms with Gasteiger partial charge in [0.1, 0.15) is 0 Å². The molecule has 0 aliphatic rings. The average molecular weight is 247 g/mol. The van der Waals surface area contributed by atoms with Gasteiger partial charge in [0.15, 0.2) is 0 Å². The molecule has 0 spiro atoms. The van der Waals surface area contributed by atoms with Crippen LogP contribution >= 0.6 is 0 Å². The van der Waals surface area contributed by atoms with Gasteiger partial charge in [-0.25, -0.2) is 0 Å². The minimum absolute atomic E-state index is 0.0449. The number of fused-ring (bicyclic) bond motifs is 1. The van der Waals surface area contributed by atoms with Crippen molar-refractivity contribution in [2.75, 3.05) is 7.11 Å². The lowest BCUT2D eigenvalue weighted by Crippen LogP contribution is -2.03. The monoisotopic (exact) mass is 247 g/mol. The number of esters is 1. The van der Waals surface area contributed by atoms with Gasteiger partial charge in [-0.2, -0.15) is 0 Å². The van der Waals surface area contributed by atoms with Crippen LogP contribution in [0, 0.1) is 0 Å². The number of ether oxygens (including phenoxy) is 1. The maximum atomic E-state index is 11.0. The molecule has 0 bridgehead atoms. The van der Waals surface area contributed by atoms with Crippen molar-refractivity contribution in [3.63, 3.8) is 0 Å². The molecule has 0 radical (unpaired) electrons. The summed E-state index contributed by atoms with van der Waals surface area (Å²) in [6.45, 7) is 0.816. The Bertz CT molecular complexity index is 545. The number of carbonyl (C=O) groups is 1. The van der Waals surface area contributed by atoms with Crippen LogP contribution in [-0.4, -0.2) is 22.8 Å². The van der Waals surface area contributed by atoms with Crippen molar-refractivity contribution in [2.45, 2.75) is 26.0 Å². The summed E-state index contributed by atoms with van der Waals surface area (Å²) in [6.07, 6.45) is 3.18. The molecule has 0 fully saturated rings. The first-order valence-corrected chi connectivity index (χ1v) is 6.00. The number of hydrogen-bond acceptors (Lipinski definition) is 3. The van der Waals surface area contributed by atoms with Crippen LogP contribution in [0.1, 0.15) is 18.4 Å². The molecule has 1 aromatic carbocycles. The Morgan fingerprint density at radius 3 is 2.94 bits per heavy atom. The molecule has 1 N–H and O–H groups in total. The van der Waals surface area contributed by atoms with Crippen molar-refractivity contribution in [1.82, 2.24) is 4.57 Å². The summed E-state index contributed by atoms with van der Waals surface area (Å²) in [6, 6.07) is 7.93. The fraction of sp³-hybridized carbons (Fsp3) is 0.357. The van der Waals surface area contributed by atoms with Crippen LogP contribution in [0.3, 0.4) is 0 Å². The van der Waals surface area contributed by atoms with Crippen LogP contribution in [0.25, 0.3) is 10.9 Å². The molecule has 96 valence electrons. The molecule has 1 aromatic heterocycles. The molecule has 0 atom stereocenters. The Balaban J connectivity index is 2.10. The van der Waals surface area contributed by atoms with Crippen molar-refractivity contribution in [3.8, 4) is 0 Å². The molecule has 4 heteroatoms. The van der Waals surface area contributed by atoms with Crippen molar-refractivity contribution >= 4 is 16.9 Å². The maximum absolute atomic E-state index is 11.0. The average Bonchev–Trinajstić information content (AvgIpc) is 2.81. The molecule has 0 saturated heterocycles. The number of aliphatic hydroxyl groups excluding tert-OH is 1. The van der Waals surface area contributed by atoms with Crippen molar-refractivity contribution < 1.29 is 14.6 Å². The van der Waals surface area contributed by atoms with E-state index in [1.54, 1.807) is 0 Å². The number of carbonyl (C=O) groups excluding carboxylic acids is 1. The minimum Gasteiger partial charge on any atom is -0.469 e. The highest BCUT2D eigenvalue weighted by atomic mass is 16.5. The molecule has 18 heavy (non-hydrogen) atoms. The van der Waals surface area contributed by atoms with E-state index in [0.29, 0.717) is 6.42 Å². The van der Waals surface area contributed by atoms with E-state index in [9.17, 15) is 4.79 Å². The molecule has 0 saturated carbocycles. The predicted octanol–water partition coefficient (Wildman–Crippen LogP) is 2.09. The van der Waals surface area contributed by atoms with E-state index < -0.39 is 0 Å². The zero-order valence-electron chi connectivity index (χ0n) is 10.4. The zero-order valence-corrected chi connectivity index (χ0v) is 10.4. The number of aliphatic hydroxyl groups is 1. The van der Waals surface area contributed by atoms with Gasteiger partial charge in [-0.05, 0) is 29.5 Å². The standard InChI is InChI=1S/C14H17NO3/c1-18-14(17)3-2-7-15-8-6-12-5-4-11(10-16)9-13(12)15/h4-6,8-9,16H,2-3,7,10H2,1H3. The first-order chi connectivity index (χ1) is 8.74. The first kappa shape index (κ1) is 12.6. The summed E-state index contributed by atoms with van der Waals surface area (Å²) in [5.74, 6) is -0.178. The summed E-state index contributed by atoms with van der Waals surface area (Å²) < 4.78 is 6.71. The van der Waals surface area contributed by atoms with Gasteiger partial charge in [0, 0.05) is 24.7 Å². The molecule has 1 heterocycles. The number of rotatable bonds is 5. The van der Waals surface area contributed by atoms with E-state index in [2.05, 4.69) is 9.30 Å². The van der Waals surface area contributed by atoms with Gasteiger partial charge in [0.25, 0.3) is 0 Å². The molecular formula is C14H17NO3. The number of aromatic nitrogens is 1. The highest BCUT2D eigenvalue weighted by Crippen LogP contribution is 2.18. The highest BCUT2D eigenvalue weighted by Gasteiger charge is 2.04. The Hall–Kier alpha value is -1.81. The second kappa shape index (κ2) is 5.69. The summed E-state index contributed by atoms with van der Waals surface area (Å²) in [5, 5.41) is 10.3. The van der Waals surface area contributed by atoms with Crippen LogP contribution in [0.5, 0.6) is 0 Å². The summed E-state index contributed by atoms with van der Waals surface area (Å²) >= 11 is 0. The molecule has 0 amide bonds. The lowest BCUT2D eigenvalue weighted by molar-refractivity contribution is -0.140. The third-order valence-electron chi connectivity index (χ3n) is 3.03. The van der Waals surface area contributed by atoms with Crippen molar-refractivity contribution in [3.05, 3.63) is 36.0 Å². The molecule has 0 aliphatic carbocycles. The second-order valence-electron chi connectivity index (χ2n) is 4.24. The van der Waals surface area contributed by atoms with E-state index in [4.69, 9.17) is 5.11 Å². The first-order valence-electron chi connectivity index (χ1n) is 6.00. The van der Waals surface area contributed by atoms with Crippen molar-refractivity contribution in [2.24, 2.45) is 0 Å². The van der Waals surface area contributed by atoms with Gasteiger partial charge in [-0.3, -0.25) is 4.79 Å². The van der Waals surface area contributed by atoms with Crippen LogP contribution in [0.15, 0.2) is 30.5 Å². The largest absolute Gasteiger partial charge is 0.469 e. The second-order valence-corrected chi connectivity index (χ2v) is 4.24. The summed E-state index contributed by atoms with van der Waals surface area (Å²) in [7, 11) is 1.40.